The number of anilines is 1. The first-order valence-corrected chi connectivity index (χ1v) is 6.59. The van der Waals surface area contributed by atoms with Crippen molar-refractivity contribution >= 4 is 5.69 Å². The zero-order valence-corrected chi connectivity index (χ0v) is 11.5. The zero-order valence-electron chi connectivity index (χ0n) is 11.5. The second-order valence-corrected chi connectivity index (χ2v) is 4.69. The fourth-order valence-electron chi connectivity index (χ4n) is 2.18. The molecule has 19 heavy (non-hydrogen) atoms. The molecule has 0 aliphatic heterocycles. The highest BCUT2D eigenvalue weighted by atomic mass is 16.3. The molecular weight excluding hydrogens is 236 g/mol. The largest absolute Gasteiger partial charge is 0.388 e. The molecule has 100 valence electrons. The van der Waals surface area contributed by atoms with Crippen LogP contribution >= 0.6 is 0 Å². The molecule has 1 aromatic heterocycles. The molecule has 0 aliphatic carbocycles. The number of hydrogen-bond acceptors (Lipinski definition) is 3. The summed E-state index contributed by atoms with van der Waals surface area (Å²) in [5.74, 6) is 0. The Labute approximate surface area is 114 Å². The SMILES string of the molecule is CCC(O)c1ccccc1N(C)Cc1ccncc1. The Morgan fingerprint density at radius 2 is 1.84 bits per heavy atom. The maximum Gasteiger partial charge on any atom is 0.0807 e. The van der Waals surface area contributed by atoms with Crippen LogP contribution in [0.1, 0.15) is 30.6 Å². The summed E-state index contributed by atoms with van der Waals surface area (Å²) in [5.41, 5.74) is 3.27. The summed E-state index contributed by atoms with van der Waals surface area (Å²) in [6, 6.07) is 12.0. The third kappa shape index (κ3) is 3.32. The highest BCUT2D eigenvalue weighted by Crippen LogP contribution is 2.28. The topological polar surface area (TPSA) is 36.4 Å². The molecule has 3 nitrogen and oxygen atoms in total. The van der Waals surface area contributed by atoms with E-state index in [0.29, 0.717) is 0 Å². The predicted octanol–water partition coefficient (Wildman–Crippen LogP) is 3.16. The molecule has 1 N–H and O–H groups in total. The molecule has 0 saturated heterocycles. The molecular formula is C16H20N2O. The van der Waals surface area contributed by atoms with Gasteiger partial charge in [-0.25, -0.2) is 0 Å². The minimum absolute atomic E-state index is 0.406. The van der Waals surface area contributed by atoms with E-state index in [2.05, 4.69) is 16.0 Å². The summed E-state index contributed by atoms with van der Waals surface area (Å²) in [6.07, 6.45) is 3.92. The van der Waals surface area contributed by atoms with E-state index in [9.17, 15) is 5.11 Å². The highest BCUT2D eigenvalue weighted by molar-refractivity contribution is 5.54. The van der Waals surface area contributed by atoms with Gasteiger partial charge in [-0.3, -0.25) is 4.98 Å². The zero-order chi connectivity index (χ0) is 13.7. The highest BCUT2D eigenvalue weighted by Gasteiger charge is 2.13. The summed E-state index contributed by atoms with van der Waals surface area (Å²) < 4.78 is 0. The lowest BCUT2D eigenvalue weighted by atomic mass is 10.0. The van der Waals surface area contributed by atoms with Crippen LogP contribution in [0, 0.1) is 0 Å². The Balaban J connectivity index is 2.21. The summed E-state index contributed by atoms with van der Waals surface area (Å²) in [6.45, 7) is 2.79. The van der Waals surface area contributed by atoms with Gasteiger partial charge in [0, 0.05) is 37.2 Å². The maximum absolute atomic E-state index is 10.1. The lowest BCUT2D eigenvalue weighted by Gasteiger charge is -2.24. The van der Waals surface area contributed by atoms with Crippen LogP contribution < -0.4 is 4.90 Å². The first kappa shape index (κ1) is 13.6. The molecule has 0 spiro atoms. The number of aromatic nitrogens is 1. The van der Waals surface area contributed by atoms with Gasteiger partial charge in [-0.15, -0.1) is 0 Å². The van der Waals surface area contributed by atoms with Crippen LogP contribution in [0.15, 0.2) is 48.8 Å². The van der Waals surface area contributed by atoms with Gasteiger partial charge in [-0.05, 0) is 30.2 Å². The molecule has 2 aromatic rings. The Morgan fingerprint density at radius 1 is 1.16 bits per heavy atom. The van der Waals surface area contributed by atoms with Gasteiger partial charge in [0.25, 0.3) is 0 Å². The summed E-state index contributed by atoms with van der Waals surface area (Å²) in [5, 5.41) is 10.1. The normalized spacial score (nSPS) is 12.2. The Kier molecular flexibility index (Phi) is 4.53. The van der Waals surface area contributed by atoms with Crippen molar-refractivity contribution in [1.82, 2.24) is 4.98 Å². The van der Waals surface area contributed by atoms with Gasteiger partial charge in [0.2, 0.25) is 0 Å². The van der Waals surface area contributed by atoms with Crippen molar-refractivity contribution in [3.8, 4) is 0 Å². The quantitative estimate of drug-likeness (QED) is 0.892. The summed E-state index contributed by atoms with van der Waals surface area (Å²) >= 11 is 0. The average molecular weight is 256 g/mol. The number of aliphatic hydroxyl groups is 1. The van der Waals surface area contributed by atoms with Crippen LogP contribution in [0.25, 0.3) is 0 Å². The van der Waals surface area contributed by atoms with E-state index in [1.807, 2.05) is 44.3 Å². The maximum atomic E-state index is 10.1. The van der Waals surface area contributed by atoms with E-state index in [0.717, 1.165) is 24.2 Å². The number of pyridine rings is 1. The first-order valence-electron chi connectivity index (χ1n) is 6.59. The molecule has 0 amide bonds. The molecule has 2 rings (SSSR count). The van der Waals surface area contributed by atoms with Gasteiger partial charge in [-0.1, -0.05) is 25.1 Å². The predicted molar refractivity (Wildman–Crippen MR) is 78.0 cm³/mol. The molecule has 0 aliphatic rings. The molecule has 0 fully saturated rings. The minimum atomic E-state index is -0.406. The van der Waals surface area contributed by atoms with Crippen molar-refractivity contribution in [2.24, 2.45) is 0 Å². The Morgan fingerprint density at radius 3 is 2.53 bits per heavy atom. The van der Waals surface area contributed by atoms with Crippen LogP contribution in [-0.2, 0) is 6.54 Å². The van der Waals surface area contributed by atoms with Crippen molar-refractivity contribution in [1.29, 1.82) is 0 Å². The Bertz CT molecular complexity index is 513. The monoisotopic (exact) mass is 256 g/mol. The van der Waals surface area contributed by atoms with Crippen molar-refractivity contribution in [3.05, 3.63) is 59.9 Å². The number of hydrogen-bond donors (Lipinski definition) is 1. The molecule has 0 radical (unpaired) electrons. The van der Waals surface area contributed by atoms with Crippen LogP contribution in [0.5, 0.6) is 0 Å². The van der Waals surface area contributed by atoms with E-state index in [4.69, 9.17) is 0 Å². The third-order valence-electron chi connectivity index (χ3n) is 3.26. The number of rotatable bonds is 5. The van der Waals surface area contributed by atoms with E-state index in [-0.39, 0.29) is 0 Å². The number of aliphatic hydroxyl groups excluding tert-OH is 1. The van der Waals surface area contributed by atoms with Crippen LogP contribution in [0.2, 0.25) is 0 Å². The summed E-state index contributed by atoms with van der Waals surface area (Å²) in [7, 11) is 2.04. The van der Waals surface area contributed by atoms with Gasteiger partial charge in [-0.2, -0.15) is 0 Å². The second-order valence-electron chi connectivity index (χ2n) is 4.69. The minimum Gasteiger partial charge on any atom is -0.388 e. The first-order chi connectivity index (χ1) is 9.22. The van der Waals surface area contributed by atoms with Gasteiger partial charge in [0.1, 0.15) is 0 Å². The van der Waals surface area contributed by atoms with E-state index >= 15 is 0 Å². The Hall–Kier alpha value is -1.87. The number of nitrogens with zero attached hydrogens (tertiary/aromatic N) is 2. The van der Waals surface area contributed by atoms with E-state index in [1.165, 1.54) is 5.56 Å². The van der Waals surface area contributed by atoms with Gasteiger partial charge < -0.3 is 10.0 Å². The van der Waals surface area contributed by atoms with E-state index in [1.54, 1.807) is 12.4 Å². The van der Waals surface area contributed by atoms with Crippen molar-refractivity contribution in [2.45, 2.75) is 26.0 Å². The van der Waals surface area contributed by atoms with Crippen molar-refractivity contribution in [2.75, 3.05) is 11.9 Å². The van der Waals surface area contributed by atoms with Crippen molar-refractivity contribution in [3.63, 3.8) is 0 Å². The summed E-state index contributed by atoms with van der Waals surface area (Å²) in [4.78, 5) is 6.18. The molecule has 1 unspecified atom stereocenters. The van der Waals surface area contributed by atoms with Crippen LogP contribution in [0.4, 0.5) is 5.69 Å². The van der Waals surface area contributed by atoms with Gasteiger partial charge >= 0.3 is 0 Å². The smallest absolute Gasteiger partial charge is 0.0807 e. The second kappa shape index (κ2) is 6.34. The van der Waals surface area contributed by atoms with Crippen LogP contribution in [0.3, 0.4) is 0 Å². The van der Waals surface area contributed by atoms with Crippen LogP contribution in [-0.4, -0.2) is 17.1 Å². The molecule has 0 saturated carbocycles. The lowest BCUT2D eigenvalue weighted by molar-refractivity contribution is 0.174. The third-order valence-corrected chi connectivity index (χ3v) is 3.26. The fraction of sp³-hybridized carbons (Fsp3) is 0.312. The molecule has 1 atom stereocenters. The average Bonchev–Trinajstić information content (AvgIpc) is 2.47. The number of para-hydroxylation sites is 1. The van der Waals surface area contributed by atoms with E-state index < -0.39 is 6.10 Å². The lowest BCUT2D eigenvalue weighted by Crippen LogP contribution is -2.18. The van der Waals surface area contributed by atoms with Crippen molar-refractivity contribution < 1.29 is 5.11 Å². The molecule has 0 bridgehead atoms. The number of benzene rings is 1. The molecule has 1 aromatic carbocycles. The standard InChI is InChI=1S/C16H20N2O/c1-3-16(19)14-6-4-5-7-15(14)18(2)12-13-8-10-17-11-9-13/h4-11,16,19H,3,12H2,1-2H3. The molecule has 1 heterocycles. The van der Waals surface area contributed by atoms with Gasteiger partial charge in [0.05, 0.1) is 6.10 Å². The fourth-order valence-corrected chi connectivity index (χ4v) is 2.18. The van der Waals surface area contributed by atoms with Gasteiger partial charge in [0.15, 0.2) is 0 Å². The molecule has 3 heteroatoms.